The summed E-state index contributed by atoms with van der Waals surface area (Å²) >= 11 is 0. The Hall–Kier alpha value is -2.61. The summed E-state index contributed by atoms with van der Waals surface area (Å²) in [7, 11) is 0. The lowest BCUT2D eigenvalue weighted by molar-refractivity contribution is -0.137. The summed E-state index contributed by atoms with van der Waals surface area (Å²) in [5.74, 6) is -2.02. The van der Waals surface area contributed by atoms with Crippen LogP contribution in [-0.4, -0.2) is 48.9 Å². The number of carbonyl (C=O) groups is 3. The lowest BCUT2D eigenvalue weighted by Gasteiger charge is -2.22. The van der Waals surface area contributed by atoms with Crippen molar-refractivity contribution in [2.24, 2.45) is 17.2 Å². The fraction of sp³-hybridized carbons (Fsp3) is 0.375. The molecular formula is C24H34Cl3F3N6O3. The summed E-state index contributed by atoms with van der Waals surface area (Å²) in [5, 5.41) is 7.48. The quantitative estimate of drug-likeness (QED) is 0.214. The van der Waals surface area contributed by atoms with E-state index in [1.54, 1.807) is 0 Å². The zero-order chi connectivity index (χ0) is 26.7. The van der Waals surface area contributed by atoms with Crippen LogP contribution in [-0.2, 0) is 27.0 Å². The Bertz CT molecular complexity index is 1030. The Labute approximate surface area is 243 Å². The van der Waals surface area contributed by atoms with Gasteiger partial charge in [-0.2, -0.15) is 13.2 Å². The molecule has 0 aliphatic heterocycles. The molecule has 0 aromatic heterocycles. The SMILES string of the molecule is Cl.Cl.Cl.NCC(CN)NC(=O)C[C@H](N)C(=O)N[C@@H](CCc1ccccc1)C(=O)Nc1cccc(C(F)(F)F)c1. The highest BCUT2D eigenvalue weighted by molar-refractivity contribution is 5.98. The normalized spacial score (nSPS) is 12.1. The van der Waals surface area contributed by atoms with Gasteiger partial charge in [-0.1, -0.05) is 36.4 Å². The van der Waals surface area contributed by atoms with Gasteiger partial charge in [0.05, 0.1) is 24.1 Å². The maximum Gasteiger partial charge on any atom is 0.416 e. The van der Waals surface area contributed by atoms with E-state index in [0.29, 0.717) is 6.42 Å². The Morgan fingerprint density at radius 3 is 2.03 bits per heavy atom. The van der Waals surface area contributed by atoms with Crippen molar-refractivity contribution >= 4 is 60.6 Å². The predicted molar refractivity (Wildman–Crippen MR) is 151 cm³/mol. The Balaban J connectivity index is 0. The third-order valence-electron chi connectivity index (χ3n) is 5.33. The van der Waals surface area contributed by atoms with Crippen LogP contribution in [0.5, 0.6) is 0 Å². The second-order valence-corrected chi connectivity index (χ2v) is 8.20. The Morgan fingerprint density at radius 2 is 1.46 bits per heavy atom. The van der Waals surface area contributed by atoms with Gasteiger partial charge >= 0.3 is 6.18 Å². The zero-order valence-electron chi connectivity index (χ0n) is 20.8. The predicted octanol–water partition coefficient (Wildman–Crippen LogP) is 2.15. The van der Waals surface area contributed by atoms with Crippen LogP contribution in [0, 0.1) is 0 Å². The highest BCUT2D eigenvalue weighted by atomic mass is 35.5. The summed E-state index contributed by atoms with van der Waals surface area (Å²) in [6.45, 7) is 0.224. The van der Waals surface area contributed by atoms with Gasteiger partial charge in [-0.3, -0.25) is 14.4 Å². The fourth-order valence-corrected chi connectivity index (χ4v) is 3.30. The number of aryl methyl sites for hydroxylation is 1. The molecule has 0 fully saturated rings. The van der Waals surface area contributed by atoms with Gasteiger partial charge in [-0.05, 0) is 36.6 Å². The van der Waals surface area contributed by atoms with Crippen molar-refractivity contribution in [3.05, 3.63) is 65.7 Å². The van der Waals surface area contributed by atoms with Crippen LogP contribution in [0.4, 0.5) is 18.9 Å². The second kappa shape index (κ2) is 18.6. The van der Waals surface area contributed by atoms with Gasteiger partial charge in [0, 0.05) is 18.8 Å². The summed E-state index contributed by atoms with van der Waals surface area (Å²) in [6.07, 6.45) is -4.42. The highest BCUT2D eigenvalue weighted by Crippen LogP contribution is 2.30. The maximum atomic E-state index is 13.0. The van der Waals surface area contributed by atoms with Gasteiger partial charge in [0.1, 0.15) is 6.04 Å². The van der Waals surface area contributed by atoms with E-state index in [0.717, 1.165) is 17.7 Å². The first-order valence-electron chi connectivity index (χ1n) is 11.3. The number of rotatable bonds is 12. The van der Waals surface area contributed by atoms with Crippen LogP contribution in [0.3, 0.4) is 0 Å². The van der Waals surface area contributed by atoms with Crippen molar-refractivity contribution < 1.29 is 27.6 Å². The van der Waals surface area contributed by atoms with Crippen molar-refractivity contribution in [3.8, 4) is 0 Å². The van der Waals surface area contributed by atoms with Crippen molar-refractivity contribution in [1.29, 1.82) is 0 Å². The summed E-state index contributed by atoms with van der Waals surface area (Å²) < 4.78 is 39.1. The Kier molecular flexibility index (Phi) is 18.4. The average Bonchev–Trinajstić information content (AvgIpc) is 2.85. The van der Waals surface area contributed by atoms with E-state index < -0.39 is 47.6 Å². The van der Waals surface area contributed by atoms with E-state index in [-0.39, 0.29) is 68.8 Å². The van der Waals surface area contributed by atoms with E-state index in [4.69, 9.17) is 17.2 Å². The number of nitrogens with two attached hydrogens (primary N) is 3. The molecule has 0 unspecified atom stereocenters. The summed E-state index contributed by atoms with van der Waals surface area (Å²) in [6, 6.07) is 10.4. The number of halogens is 6. The number of alkyl halides is 3. The topological polar surface area (TPSA) is 165 Å². The first kappa shape index (κ1) is 38.5. The number of nitrogens with one attached hydrogen (secondary N) is 3. The van der Waals surface area contributed by atoms with Crippen molar-refractivity contribution in [3.63, 3.8) is 0 Å². The highest BCUT2D eigenvalue weighted by Gasteiger charge is 2.31. The molecule has 220 valence electrons. The monoisotopic (exact) mass is 616 g/mol. The van der Waals surface area contributed by atoms with Crippen LogP contribution in [0.2, 0.25) is 0 Å². The van der Waals surface area contributed by atoms with E-state index in [9.17, 15) is 27.6 Å². The molecule has 15 heteroatoms. The minimum absolute atomic E-state index is 0. The second-order valence-electron chi connectivity index (χ2n) is 8.20. The minimum atomic E-state index is -4.58. The minimum Gasteiger partial charge on any atom is -0.351 e. The van der Waals surface area contributed by atoms with Crippen LogP contribution < -0.4 is 33.2 Å². The zero-order valence-corrected chi connectivity index (χ0v) is 23.2. The molecule has 0 bridgehead atoms. The van der Waals surface area contributed by atoms with Gasteiger partial charge in [0.15, 0.2) is 0 Å². The first-order valence-corrected chi connectivity index (χ1v) is 11.3. The molecule has 0 heterocycles. The first-order chi connectivity index (χ1) is 17.0. The van der Waals surface area contributed by atoms with Gasteiger partial charge in [-0.25, -0.2) is 0 Å². The molecule has 2 rings (SSSR count). The number of hydrogen-bond donors (Lipinski definition) is 6. The lowest BCUT2D eigenvalue weighted by Crippen LogP contribution is -2.52. The molecule has 39 heavy (non-hydrogen) atoms. The van der Waals surface area contributed by atoms with Gasteiger partial charge in [0.2, 0.25) is 17.7 Å². The fourth-order valence-electron chi connectivity index (χ4n) is 3.30. The van der Waals surface area contributed by atoms with Crippen molar-refractivity contribution in [2.75, 3.05) is 18.4 Å². The smallest absolute Gasteiger partial charge is 0.351 e. The number of carbonyl (C=O) groups excluding carboxylic acids is 3. The average molecular weight is 618 g/mol. The molecule has 0 aliphatic rings. The molecule has 0 spiro atoms. The molecule has 0 aliphatic carbocycles. The van der Waals surface area contributed by atoms with Gasteiger partial charge in [0.25, 0.3) is 0 Å². The summed E-state index contributed by atoms with van der Waals surface area (Å²) in [5.41, 5.74) is 16.7. The third-order valence-corrected chi connectivity index (χ3v) is 5.33. The van der Waals surface area contributed by atoms with Crippen molar-refractivity contribution in [1.82, 2.24) is 10.6 Å². The maximum absolute atomic E-state index is 13.0. The largest absolute Gasteiger partial charge is 0.416 e. The number of amides is 3. The molecule has 0 saturated carbocycles. The molecule has 2 atom stereocenters. The number of benzene rings is 2. The van der Waals surface area contributed by atoms with Gasteiger partial charge in [-0.15, -0.1) is 37.2 Å². The van der Waals surface area contributed by atoms with Crippen LogP contribution in [0.25, 0.3) is 0 Å². The van der Waals surface area contributed by atoms with Crippen molar-refractivity contribution in [2.45, 2.75) is 43.6 Å². The van der Waals surface area contributed by atoms with E-state index in [1.165, 1.54) is 12.1 Å². The summed E-state index contributed by atoms with van der Waals surface area (Å²) in [4.78, 5) is 37.7. The van der Waals surface area contributed by atoms with Crippen LogP contribution >= 0.6 is 37.2 Å². The molecule has 0 radical (unpaired) electrons. The molecule has 9 N–H and O–H groups in total. The van der Waals surface area contributed by atoms with E-state index in [2.05, 4.69) is 16.0 Å². The van der Waals surface area contributed by atoms with E-state index in [1.807, 2.05) is 30.3 Å². The van der Waals surface area contributed by atoms with Crippen LogP contribution in [0.1, 0.15) is 24.0 Å². The molecule has 2 aromatic rings. The molecule has 3 amide bonds. The third kappa shape index (κ3) is 13.3. The van der Waals surface area contributed by atoms with Crippen LogP contribution in [0.15, 0.2) is 54.6 Å². The standard InChI is InChI=1S/C24H31F3N6O3.3ClH/c25-24(26,27)16-7-4-8-17(11-16)32-23(36)20(10-9-15-5-2-1-3-6-15)33-22(35)19(30)12-21(34)31-18(13-28)14-29;;;/h1-8,11,18-20H,9-10,12-14,28-30H2,(H,31,34)(H,32,36)(H,33,35);3*1H/t19-,20-;;;/m0.../s1. The van der Waals surface area contributed by atoms with E-state index >= 15 is 0 Å². The molecular weight excluding hydrogens is 584 g/mol. The molecule has 2 aromatic carbocycles. The Morgan fingerprint density at radius 1 is 0.846 bits per heavy atom. The lowest BCUT2D eigenvalue weighted by atomic mass is 10.0. The number of anilines is 1. The molecule has 9 nitrogen and oxygen atoms in total. The van der Waals surface area contributed by atoms with Gasteiger partial charge < -0.3 is 33.2 Å². The molecule has 0 saturated heterocycles. The number of hydrogen-bond acceptors (Lipinski definition) is 6.